The number of nitrogens with one attached hydrogen (secondary N) is 2. The van der Waals surface area contributed by atoms with E-state index in [1.165, 1.54) is 33.6 Å². The summed E-state index contributed by atoms with van der Waals surface area (Å²) in [6, 6.07) is 6.41. The van der Waals surface area contributed by atoms with Crippen LogP contribution in [0.4, 0.5) is 5.13 Å². The van der Waals surface area contributed by atoms with Crippen molar-refractivity contribution in [3.05, 3.63) is 41.3 Å². The van der Waals surface area contributed by atoms with Gasteiger partial charge in [0.25, 0.3) is 0 Å². The van der Waals surface area contributed by atoms with E-state index < -0.39 is 0 Å². The first-order valence-electron chi connectivity index (χ1n) is 10.3. The Morgan fingerprint density at radius 2 is 2.10 bits per heavy atom. The van der Waals surface area contributed by atoms with E-state index in [1.807, 2.05) is 7.05 Å². The molecule has 2 aromatic heterocycles. The van der Waals surface area contributed by atoms with E-state index in [2.05, 4.69) is 72.7 Å². The number of H-pyrrole nitrogens is 1. The topological polar surface area (TPSA) is 72.4 Å². The van der Waals surface area contributed by atoms with E-state index in [1.54, 1.807) is 0 Å². The van der Waals surface area contributed by atoms with Gasteiger partial charge in [-0.3, -0.25) is 4.99 Å². The third-order valence-corrected chi connectivity index (χ3v) is 6.32. The lowest BCUT2D eigenvalue weighted by Gasteiger charge is -2.36. The standard InChI is InChI=1S/C21H29N7S/c1-4-18-25-21(29-26-18)28-12-10-27(11-13-28)20(22-3)23-9-8-16-14-24-17-7-5-6-15(2)19(16)17/h5-7,14,24H,4,8-13H2,1-3H3,(H,22,23). The monoisotopic (exact) mass is 411 g/mol. The quantitative estimate of drug-likeness (QED) is 0.499. The third-order valence-electron chi connectivity index (χ3n) is 5.51. The average Bonchev–Trinajstić information content (AvgIpc) is 3.39. The number of aryl methyl sites for hydroxylation is 2. The molecule has 1 aromatic carbocycles. The highest BCUT2D eigenvalue weighted by Gasteiger charge is 2.22. The maximum atomic E-state index is 4.62. The molecule has 29 heavy (non-hydrogen) atoms. The first-order chi connectivity index (χ1) is 14.2. The number of anilines is 1. The molecule has 4 rings (SSSR count). The number of aliphatic imine (C=N–C) groups is 1. The van der Waals surface area contributed by atoms with Gasteiger partial charge in [-0.2, -0.15) is 4.37 Å². The van der Waals surface area contributed by atoms with Crippen molar-refractivity contribution in [2.45, 2.75) is 26.7 Å². The van der Waals surface area contributed by atoms with Crippen molar-refractivity contribution >= 4 is 33.5 Å². The highest BCUT2D eigenvalue weighted by molar-refractivity contribution is 7.09. The van der Waals surface area contributed by atoms with Crippen molar-refractivity contribution in [1.29, 1.82) is 0 Å². The van der Waals surface area contributed by atoms with Crippen molar-refractivity contribution in [2.75, 3.05) is 44.7 Å². The van der Waals surface area contributed by atoms with Crippen LogP contribution in [0.2, 0.25) is 0 Å². The minimum atomic E-state index is 0.866. The molecule has 154 valence electrons. The molecule has 0 spiro atoms. The van der Waals surface area contributed by atoms with Crippen molar-refractivity contribution in [3.63, 3.8) is 0 Å². The molecule has 3 aromatic rings. The molecule has 1 aliphatic heterocycles. The molecule has 0 atom stereocenters. The van der Waals surface area contributed by atoms with Gasteiger partial charge >= 0.3 is 0 Å². The molecule has 1 saturated heterocycles. The predicted octanol–water partition coefficient (Wildman–Crippen LogP) is 2.83. The van der Waals surface area contributed by atoms with Gasteiger partial charge in [-0.05, 0) is 30.5 Å². The Hall–Kier alpha value is -2.61. The fourth-order valence-electron chi connectivity index (χ4n) is 3.92. The van der Waals surface area contributed by atoms with E-state index >= 15 is 0 Å². The van der Waals surface area contributed by atoms with Gasteiger partial charge in [0, 0.05) is 74.8 Å². The number of hydrogen-bond donors (Lipinski definition) is 2. The van der Waals surface area contributed by atoms with Gasteiger partial charge in [-0.15, -0.1) is 0 Å². The van der Waals surface area contributed by atoms with Gasteiger partial charge in [0.1, 0.15) is 5.82 Å². The lowest BCUT2D eigenvalue weighted by Crippen LogP contribution is -2.52. The lowest BCUT2D eigenvalue weighted by atomic mass is 10.1. The smallest absolute Gasteiger partial charge is 0.205 e. The van der Waals surface area contributed by atoms with Crippen molar-refractivity contribution < 1.29 is 0 Å². The number of hydrogen-bond acceptors (Lipinski definition) is 5. The normalized spacial score (nSPS) is 15.3. The molecule has 0 saturated carbocycles. The van der Waals surface area contributed by atoms with Crippen molar-refractivity contribution in [2.24, 2.45) is 4.99 Å². The van der Waals surface area contributed by atoms with Crippen LogP contribution in [0.1, 0.15) is 23.9 Å². The zero-order valence-corrected chi connectivity index (χ0v) is 18.2. The SMILES string of the molecule is CCc1nsc(N2CCN(C(=NC)NCCc3c[nH]c4cccc(C)c34)CC2)n1. The Morgan fingerprint density at radius 3 is 2.83 bits per heavy atom. The molecule has 1 aliphatic rings. The molecule has 0 aliphatic carbocycles. The van der Waals surface area contributed by atoms with Crippen molar-refractivity contribution in [3.8, 4) is 0 Å². The van der Waals surface area contributed by atoms with Crippen LogP contribution in [0.15, 0.2) is 29.4 Å². The molecular weight excluding hydrogens is 382 g/mol. The van der Waals surface area contributed by atoms with E-state index in [4.69, 9.17) is 0 Å². The molecule has 7 nitrogen and oxygen atoms in total. The summed E-state index contributed by atoms with van der Waals surface area (Å²) in [7, 11) is 1.86. The third kappa shape index (κ3) is 4.22. The average molecular weight is 412 g/mol. The van der Waals surface area contributed by atoms with Crippen LogP contribution >= 0.6 is 11.5 Å². The maximum Gasteiger partial charge on any atom is 0.205 e. The fraction of sp³-hybridized carbons (Fsp3) is 0.476. The van der Waals surface area contributed by atoms with Gasteiger partial charge in [-0.1, -0.05) is 19.1 Å². The summed E-state index contributed by atoms with van der Waals surface area (Å²) in [5, 5.41) is 5.94. The number of nitrogens with zero attached hydrogens (tertiary/aromatic N) is 5. The minimum absolute atomic E-state index is 0.866. The predicted molar refractivity (Wildman–Crippen MR) is 121 cm³/mol. The van der Waals surface area contributed by atoms with Crippen LogP contribution in [0, 0.1) is 6.92 Å². The Kier molecular flexibility index (Phi) is 5.99. The molecule has 0 amide bonds. The summed E-state index contributed by atoms with van der Waals surface area (Å²) in [6.45, 7) is 8.90. The van der Waals surface area contributed by atoms with E-state index in [9.17, 15) is 0 Å². The first-order valence-corrected chi connectivity index (χ1v) is 11.1. The molecule has 0 bridgehead atoms. The van der Waals surface area contributed by atoms with E-state index in [0.29, 0.717) is 0 Å². The number of aromatic nitrogens is 3. The fourth-order valence-corrected chi connectivity index (χ4v) is 4.72. The Labute approximate surface area is 176 Å². The second-order valence-corrected chi connectivity index (χ2v) is 8.09. The van der Waals surface area contributed by atoms with Crippen LogP contribution < -0.4 is 10.2 Å². The van der Waals surface area contributed by atoms with Gasteiger partial charge in [0.15, 0.2) is 5.96 Å². The van der Waals surface area contributed by atoms with Crippen LogP contribution in [0.25, 0.3) is 10.9 Å². The number of aromatic amines is 1. The summed E-state index contributed by atoms with van der Waals surface area (Å²) in [5.74, 6) is 1.92. The Bertz CT molecular complexity index is 982. The zero-order valence-electron chi connectivity index (χ0n) is 17.4. The summed E-state index contributed by atoms with van der Waals surface area (Å²) >= 11 is 1.51. The minimum Gasteiger partial charge on any atom is -0.361 e. The summed E-state index contributed by atoms with van der Waals surface area (Å²) in [4.78, 5) is 17.2. The molecular formula is C21H29N7S. The molecule has 3 heterocycles. The second kappa shape index (κ2) is 8.82. The van der Waals surface area contributed by atoms with Crippen LogP contribution in [-0.4, -0.2) is 65.0 Å². The zero-order chi connectivity index (χ0) is 20.2. The van der Waals surface area contributed by atoms with Crippen molar-refractivity contribution in [1.82, 2.24) is 24.6 Å². The summed E-state index contributed by atoms with van der Waals surface area (Å²) in [5.41, 5.74) is 3.89. The molecule has 1 fully saturated rings. The second-order valence-electron chi connectivity index (χ2n) is 7.36. The first kappa shape index (κ1) is 19.7. The maximum absolute atomic E-state index is 4.62. The van der Waals surface area contributed by atoms with Gasteiger partial charge < -0.3 is 20.1 Å². The van der Waals surface area contributed by atoms with Crippen LogP contribution in [0.5, 0.6) is 0 Å². The van der Waals surface area contributed by atoms with Gasteiger partial charge in [0.2, 0.25) is 5.13 Å². The number of piperazine rings is 1. The molecule has 8 heteroatoms. The Balaban J connectivity index is 1.31. The van der Waals surface area contributed by atoms with E-state index in [-0.39, 0.29) is 0 Å². The van der Waals surface area contributed by atoms with Gasteiger partial charge in [0.05, 0.1) is 0 Å². The largest absolute Gasteiger partial charge is 0.361 e. The number of fused-ring (bicyclic) bond motifs is 1. The van der Waals surface area contributed by atoms with Crippen LogP contribution in [-0.2, 0) is 12.8 Å². The molecule has 2 N–H and O–H groups in total. The van der Waals surface area contributed by atoms with Gasteiger partial charge in [-0.25, -0.2) is 4.98 Å². The lowest BCUT2D eigenvalue weighted by molar-refractivity contribution is 0.372. The Morgan fingerprint density at radius 1 is 1.28 bits per heavy atom. The van der Waals surface area contributed by atoms with Crippen LogP contribution in [0.3, 0.4) is 0 Å². The highest BCUT2D eigenvalue weighted by atomic mass is 32.1. The summed E-state index contributed by atoms with van der Waals surface area (Å²) < 4.78 is 4.41. The van der Waals surface area contributed by atoms with E-state index in [0.717, 1.165) is 62.5 Å². The highest BCUT2D eigenvalue weighted by Crippen LogP contribution is 2.22. The molecule has 0 radical (unpaired) electrons. The number of guanidine groups is 1. The molecule has 0 unspecified atom stereocenters. The summed E-state index contributed by atoms with van der Waals surface area (Å²) in [6.07, 6.45) is 3.99. The number of rotatable bonds is 5. The number of benzene rings is 1.